The first-order chi connectivity index (χ1) is 4.31. The third-order valence-electron chi connectivity index (χ3n) is 1.36. The van der Waals surface area contributed by atoms with E-state index in [4.69, 9.17) is 0 Å². The minimum Gasteiger partial charge on any atom is -0.307 e. The highest BCUT2D eigenvalue weighted by molar-refractivity contribution is 5.50. The van der Waals surface area contributed by atoms with E-state index in [1.165, 1.54) is 0 Å². The summed E-state index contributed by atoms with van der Waals surface area (Å²) in [5, 5.41) is 0. The van der Waals surface area contributed by atoms with Crippen LogP contribution < -0.4 is 0 Å². The first kappa shape index (κ1) is 8.63. The van der Waals surface area contributed by atoms with Gasteiger partial charge < -0.3 is 4.90 Å². The van der Waals surface area contributed by atoms with Gasteiger partial charge in [-0.1, -0.05) is 6.92 Å². The first-order valence-electron chi connectivity index (χ1n) is 3.34. The Hall–Kier alpha value is -0.370. The topological polar surface area (TPSA) is 20.3 Å². The highest BCUT2D eigenvalue weighted by Gasteiger charge is 1.91. The molecule has 0 aromatic carbocycles. The largest absolute Gasteiger partial charge is 0.307 e. The minimum absolute atomic E-state index is 0.574. The molecule has 0 spiro atoms. The Bertz CT molecular complexity index is 73.3. The van der Waals surface area contributed by atoms with Crippen molar-refractivity contribution in [1.82, 2.24) is 4.90 Å². The lowest BCUT2D eigenvalue weighted by Gasteiger charge is -2.11. The van der Waals surface area contributed by atoms with Gasteiger partial charge >= 0.3 is 0 Å². The molecule has 2 heteroatoms. The van der Waals surface area contributed by atoms with Gasteiger partial charge in [0.1, 0.15) is 0 Å². The van der Waals surface area contributed by atoms with E-state index < -0.39 is 0 Å². The predicted octanol–water partition coefficient (Wildman–Crippen LogP) is 0.828. The van der Waals surface area contributed by atoms with Gasteiger partial charge in [0.05, 0.1) is 0 Å². The monoisotopic (exact) mass is 128 g/mol. The van der Waals surface area contributed by atoms with Crippen molar-refractivity contribution in [3.63, 3.8) is 0 Å². The average Bonchev–Trinajstić information content (AvgIpc) is 1.89. The SMILES string of the molecule is CCN(C)CCC[C]=O. The summed E-state index contributed by atoms with van der Waals surface area (Å²) in [4.78, 5) is 11.9. The molecule has 0 aromatic rings. The van der Waals surface area contributed by atoms with Crippen LogP contribution in [0.15, 0.2) is 0 Å². The van der Waals surface area contributed by atoms with Crippen molar-refractivity contribution < 1.29 is 4.79 Å². The lowest BCUT2D eigenvalue weighted by atomic mass is 10.3. The maximum atomic E-state index is 9.73. The molecule has 0 heterocycles. The van der Waals surface area contributed by atoms with Gasteiger partial charge in [0.2, 0.25) is 0 Å². The van der Waals surface area contributed by atoms with E-state index in [1.54, 1.807) is 0 Å². The molecule has 2 nitrogen and oxygen atoms in total. The summed E-state index contributed by atoms with van der Waals surface area (Å²) >= 11 is 0. The zero-order valence-corrected chi connectivity index (χ0v) is 6.18. The average molecular weight is 128 g/mol. The molecule has 0 atom stereocenters. The molecule has 0 unspecified atom stereocenters. The van der Waals surface area contributed by atoms with E-state index in [1.807, 2.05) is 13.3 Å². The standard InChI is InChI=1S/C7H14NO/c1-3-8(2)6-4-5-7-9/h3-6H2,1-2H3. The quantitative estimate of drug-likeness (QED) is 0.511. The van der Waals surface area contributed by atoms with Gasteiger partial charge in [-0.05, 0) is 26.6 Å². The highest BCUT2D eigenvalue weighted by atomic mass is 16.1. The molecule has 0 rings (SSSR count). The number of rotatable bonds is 5. The second kappa shape index (κ2) is 5.76. The Morgan fingerprint density at radius 3 is 2.67 bits per heavy atom. The van der Waals surface area contributed by atoms with Crippen molar-refractivity contribution >= 4 is 6.29 Å². The fourth-order valence-electron chi connectivity index (χ4n) is 0.579. The second-order valence-corrected chi connectivity index (χ2v) is 2.14. The summed E-state index contributed by atoms with van der Waals surface area (Å²) in [6.45, 7) is 4.16. The van der Waals surface area contributed by atoms with E-state index in [0.717, 1.165) is 19.5 Å². The van der Waals surface area contributed by atoms with Crippen LogP contribution in [0.5, 0.6) is 0 Å². The molecule has 0 saturated heterocycles. The van der Waals surface area contributed by atoms with Crippen molar-refractivity contribution in [2.45, 2.75) is 19.8 Å². The zero-order valence-electron chi connectivity index (χ0n) is 6.18. The molecule has 0 fully saturated rings. The van der Waals surface area contributed by atoms with E-state index in [2.05, 4.69) is 11.8 Å². The number of unbranched alkanes of at least 4 members (excludes halogenated alkanes) is 1. The Morgan fingerprint density at radius 2 is 2.22 bits per heavy atom. The zero-order chi connectivity index (χ0) is 7.11. The van der Waals surface area contributed by atoms with E-state index >= 15 is 0 Å². The van der Waals surface area contributed by atoms with Crippen molar-refractivity contribution in [2.24, 2.45) is 0 Å². The molecule has 9 heavy (non-hydrogen) atoms. The molecule has 0 saturated carbocycles. The van der Waals surface area contributed by atoms with Crippen LogP contribution >= 0.6 is 0 Å². The van der Waals surface area contributed by atoms with E-state index in [9.17, 15) is 4.79 Å². The van der Waals surface area contributed by atoms with Crippen molar-refractivity contribution in [2.75, 3.05) is 20.1 Å². The first-order valence-corrected chi connectivity index (χ1v) is 3.34. The molecule has 0 amide bonds. The molecule has 0 bridgehead atoms. The van der Waals surface area contributed by atoms with Gasteiger partial charge in [-0.2, -0.15) is 0 Å². The molecule has 0 aromatic heterocycles. The van der Waals surface area contributed by atoms with Crippen LogP contribution in [0.25, 0.3) is 0 Å². The number of nitrogens with zero attached hydrogens (tertiary/aromatic N) is 1. The van der Waals surface area contributed by atoms with Gasteiger partial charge in [-0.3, -0.25) is 4.79 Å². The van der Waals surface area contributed by atoms with Gasteiger partial charge in [0, 0.05) is 6.42 Å². The summed E-state index contributed by atoms with van der Waals surface area (Å²) in [6.07, 6.45) is 3.38. The third-order valence-corrected chi connectivity index (χ3v) is 1.36. The van der Waals surface area contributed by atoms with Gasteiger partial charge in [-0.15, -0.1) is 0 Å². The maximum absolute atomic E-state index is 9.73. The fraction of sp³-hybridized carbons (Fsp3) is 0.857. The van der Waals surface area contributed by atoms with Crippen LogP contribution in [-0.4, -0.2) is 31.3 Å². The second-order valence-electron chi connectivity index (χ2n) is 2.14. The van der Waals surface area contributed by atoms with Gasteiger partial charge in [0.15, 0.2) is 6.29 Å². The van der Waals surface area contributed by atoms with Crippen LogP contribution in [0, 0.1) is 0 Å². The highest BCUT2D eigenvalue weighted by Crippen LogP contribution is 1.88. The lowest BCUT2D eigenvalue weighted by molar-refractivity contribution is 0.349. The van der Waals surface area contributed by atoms with Crippen LogP contribution in [-0.2, 0) is 4.79 Å². The molecular formula is C7H14NO. The molecule has 0 aliphatic heterocycles. The molecule has 1 radical (unpaired) electrons. The summed E-state index contributed by atoms with van der Waals surface area (Å²) < 4.78 is 0. The number of hydrogen-bond donors (Lipinski definition) is 0. The lowest BCUT2D eigenvalue weighted by Crippen LogP contribution is -2.18. The summed E-state index contributed by atoms with van der Waals surface area (Å²) in [6, 6.07) is 0. The molecular weight excluding hydrogens is 114 g/mol. The van der Waals surface area contributed by atoms with Crippen LogP contribution in [0.1, 0.15) is 19.8 Å². The van der Waals surface area contributed by atoms with E-state index in [-0.39, 0.29) is 0 Å². The van der Waals surface area contributed by atoms with Crippen LogP contribution in [0.3, 0.4) is 0 Å². The van der Waals surface area contributed by atoms with Crippen molar-refractivity contribution in [3.8, 4) is 0 Å². The summed E-state index contributed by atoms with van der Waals surface area (Å²) in [7, 11) is 2.05. The number of carbonyl (C=O) groups excluding carboxylic acids is 1. The van der Waals surface area contributed by atoms with Gasteiger partial charge in [0.25, 0.3) is 0 Å². The predicted molar refractivity (Wildman–Crippen MR) is 38.1 cm³/mol. The maximum Gasteiger partial charge on any atom is 0.198 e. The molecule has 53 valence electrons. The summed E-state index contributed by atoms with van der Waals surface area (Å²) in [5.41, 5.74) is 0. The fourth-order valence-corrected chi connectivity index (χ4v) is 0.579. The normalized spacial score (nSPS) is 10.1. The minimum atomic E-state index is 0.574. The van der Waals surface area contributed by atoms with Crippen LogP contribution in [0.2, 0.25) is 0 Å². The molecule has 0 aliphatic carbocycles. The molecule has 0 aliphatic rings. The van der Waals surface area contributed by atoms with Crippen molar-refractivity contribution in [1.29, 1.82) is 0 Å². The third kappa shape index (κ3) is 5.50. The number of hydrogen-bond acceptors (Lipinski definition) is 2. The Kier molecular flexibility index (Phi) is 5.52. The Morgan fingerprint density at radius 1 is 1.56 bits per heavy atom. The van der Waals surface area contributed by atoms with Crippen LogP contribution in [0.4, 0.5) is 0 Å². The smallest absolute Gasteiger partial charge is 0.198 e. The Balaban J connectivity index is 2.96. The van der Waals surface area contributed by atoms with Gasteiger partial charge in [-0.25, -0.2) is 0 Å². The Labute approximate surface area is 56.9 Å². The van der Waals surface area contributed by atoms with Crippen molar-refractivity contribution in [3.05, 3.63) is 0 Å². The van der Waals surface area contributed by atoms with E-state index in [0.29, 0.717) is 6.42 Å². The molecule has 0 N–H and O–H groups in total. The summed E-state index contributed by atoms with van der Waals surface area (Å²) in [5.74, 6) is 0.